The van der Waals surface area contributed by atoms with Gasteiger partial charge in [-0.1, -0.05) is 18.2 Å². The van der Waals surface area contributed by atoms with Gasteiger partial charge in [-0.05, 0) is 48.5 Å². The number of benzene rings is 1. The van der Waals surface area contributed by atoms with Crippen molar-refractivity contribution in [1.82, 2.24) is 5.32 Å². The molecule has 0 radical (unpaired) electrons. The lowest BCUT2D eigenvalue weighted by Crippen LogP contribution is -2.11. The molecule has 1 unspecified atom stereocenters. The lowest BCUT2D eigenvalue weighted by Gasteiger charge is -2.11. The molecule has 0 amide bonds. The van der Waals surface area contributed by atoms with Crippen molar-refractivity contribution >= 4 is 0 Å². The van der Waals surface area contributed by atoms with E-state index in [1.165, 1.54) is 42.6 Å². The van der Waals surface area contributed by atoms with E-state index in [1.807, 2.05) is 0 Å². The summed E-state index contributed by atoms with van der Waals surface area (Å²) in [4.78, 5) is 0. The van der Waals surface area contributed by atoms with Gasteiger partial charge in [0.25, 0.3) is 0 Å². The van der Waals surface area contributed by atoms with Crippen molar-refractivity contribution in [3.63, 3.8) is 0 Å². The highest BCUT2D eigenvalue weighted by Gasteiger charge is 2.19. The van der Waals surface area contributed by atoms with Crippen molar-refractivity contribution in [2.45, 2.75) is 26.1 Å². The van der Waals surface area contributed by atoms with Crippen LogP contribution in [0.5, 0.6) is 0 Å². The normalized spacial score (nSPS) is 24.4. The second kappa shape index (κ2) is 3.95. The predicted octanol–water partition coefficient (Wildman–Crippen LogP) is 1.87. The summed E-state index contributed by atoms with van der Waals surface area (Å²) in [5.74, 6) is 0.831. The molecule has 2 heteroatoms. The quantitative estimate of drug-likeness (QED) is 0.792. The average Bonchev–Trinajstić information content (AvgIpc) is 2.87. The van der Waals surface area contributed by atoms with E-state index in [0.717, 1.165) is 19.1 Å². The van der Waals surface area contributed by atoms with Gasteiger partial charge in [-0.2, -0.15) is 0 Å². The molecular weight excluding hydrogens is 186 g/mol. The fourth-order valence-corrected chi connectivity index (χ4v) is 2.66. The third-order valence-corrected chi connectivity index (χ3v) is 3.54. The van der Waals surface area contributed by atoms with Crippen LogP contribution in [0.1, 0.15) is 23.1 Å². The smallest absolute Gasteiger partial charge is 0.0727 e. The Balaban J connectivity index is 1.82. The van der Waals surface area contributed by atoms with Gasteiger partial charge in [0.15, 0.2) is 0 Å². The maximum Gasteiger partial charge on any atom is 0.0727 e. The highest BCUT2D eigenvalue weighted by molar-refractivity contribution is 5.36. The first-order valence-electron chi connectivity index (χ1n) is 5.81. The van der Waals surface area contributed by atoms with Crippen molar-refractivity contribution in [2.75, 3.05) is 13.1 Å². The van der Waals surface area contributed by atoms with Gasteiger partial charge >= 0.3 is 0 Å². The van der Waals surface area contributed by atoms with E-state index in [-0.39, 0.29) is 0 Å². The fourth-order valence-electron chi connectivity index (χ4n) is 2.66. The fraction of sp³-hybridized carbons (Fsp3) is 0.538. The standard InChI is InChI=1S/C13H17NO/c1-2-11(6-10-4-5-14-7-10)13-9-15-8-12(13)3-1/h1-3,10,14H,4-9H2. The highest BCUT2D eigenvalue weighted by atomic mass is 16.5. The van der Waals surface area contributed by atoms with Crippen LogP contribution < -0.4 is 5.32 Å². The number of hydrogen-bond donors (Lipinski definition) is 1. The first-order valence-corrected chi connectivity index (χ1v) is 5.81. The van der Waals surface area contributed by atoms with Crippen LogP contribution in [0.25, 0.3) is 0 Å². The van der Waals surface area contributed by atoms with Gasteiger partial charge in [-0.3, -0.25) is 0 Å². The number of rotatable bonds is 2. The molecule has 0 aromatic heterocycles. The van der Waals surface area contributed by atoms with E-state index in [1.54, 1.807) is 0 Å². The second-order valence-electron chi connectivity index (χ2n) is 4.61. The molecule has 3 rings (SSSR count). The molecule has 1 N–H and O–H groups in total. The van der Waals surface area contributed by atoms with Gasteiger partial charge in [0, 0.05) is 0 Å². The topological polar surface area (TPSA) is 21.3 Å². The summed E-state index contributed by atoms with van der Waals surface area (Å²) in [5, 5.41) is 3.43. The maximum absolute atomic E-state index is 5.50. The predicted molar refractivity (Wildman–Crippen MR) is 59.6 cm³/mol. The average molecular weight is 203 g/mol. The Labute approximate surface area is 90.6 Å². The summed E-state index contributed by atoms with van der Waals surface area (Å²) in [7, 11) is 0. The third-order valence-electron chi connectivity index (χ3n) is 3.54. The number of hydrogen-bond acceptors (Lipinski definition) is 2. The van der Waals surface area contributed by atoms with E-state index >= 15 is 0 Å². The van der Waals surface area contributed by atoms with Crippen LogP contribution in [0.2, 0.25) is 0 Å². The molecule has 1 aromatic carbocycles. The summed E-state index contributed by atoms with van der Waals surface area (Å²) in [6.45, 7) is 4.01. The van der Waals surface area contributed by atoms with Crippen molar-refractivity contribution in [3.05, 3.63) is 34.9 Å². The summed E-state index contributed by atoms with van der Waals surface area (Å²) >= 11 is 0. The maximum atomic E-state index is 5.50. The monoisotopic (exact) mass is 203 g/mol. The molecular formula is C13H17NO. The molecule has 2 nitrogen and oxygen atoms in total. The van der Waals surface area contributed by atoms with Crippen LogP contribution >= 0.6 is 0 Å². The first kappa shape index (κ1) is 9.37. The Kier molecular flexibility index (Phi) is 2.47. The zero-order valence-corrected chi connectivity index (χ0v) is 8.96. The zero-order valence-electron chi connectivity index (χ0n) is 8.96. The summed E-state index contributed by atoms with van der Waals surface area (Å²) in [6.07, 6.45) is 2.55. The van der Waals surface area contributed by atoms with Crippen LogP contribution in [-0.4, -0.2) is 13.1 Å². The lowest BCUT2D eigenvalue weighted by molar-refractivity contribution is 0.134. The molecule has 2 aliphatic rings. The van der Waals surface area contributed by atoms with Crippen molar-refractivity contribution in [2.24, 2.45) is 5.92 Å². The van der Waals surface area contributed by atoms with Gasteiger partial charge in [-0.25, -0.2) is 0 Å². The SMILES string of the molecule is c1cc2c(c(CC3CCNC3)c1)COC2. The molecule has 80 valence electrons. The first-order chi connectivity index (χ1) is 7.43. The molecule has 15 heavy (non-hydrogen) atoms. The molecule has 1 atom stereocenters. The molecule has 2 aliphatic heterocycles. The molecule has 0 saturated carbocycles. The summed E-state index contributed by atoms with van der Waals surface area (Å²) in [5.41, 5.74) is 4.38. The minimum atomic E-state index is 0.812. The lowest BCUT2D eigenvalue weighted by atomic mass is 9.93. The Morgan fingerprint density at radius 2 is 2.33 bits per heavy atom. The Morgan fingerprint density at radius 1 is 1.33 bits per heavy atom. The molecule has 1 saturated heterocycles. The van der Waals surface area contributed by atoms with Crippen LogP contribution in [0, 0.1) is 5.92 Å². The van der Waals surface area contributed by atoms with Crippen LogP contribution in [0.3, 0.4) is 0 Å². The number of nitrogens with one attached hydrogen (secondary N) is 1. The van der Waals surface area contributed by atoms with Gasteiger partial charge in [0.05, 0.1) is 13.2 Å². The van der Waals surface area contributed by atoms with Crippen LogP contribution in [0.15, 0.2) is 18.2 Å². The second-order valence-corrected chi connectivity index (χ2v) is 4.61. The summed E-state index contributed by atoms with van der Waals surface area (Å²) in [6, 6.07) is 6.63. The minimum absolute atomic E-state index is 0.812. The van der Waals surface area contributed by atoms with Crippen molar-refractivity contribution in [3.8, 4) is 0 Å². The van der Waals surface area contributed by atoms with Gasteiger partial charge in [-0.15, -0.1) is 0 Å². The van der Waals surface area contributed by atoms with Crippen molar-refractivity contribution < 1.29 is 4.74 Å². The molecule has 0 spiro atoms. The molecule has 0 bridgehead atoms. The van der Waals surface area contributed by atoms with E-state index in [2.05, 4.69) is 23.5 Å². The largest absolute Gasteiger partial charge is 0.372 e. The molecule has 1 fully saturated rings. The van der Waals surface area contributed by atoms with Gasteiger partial charge in [0.2, 0.25) is 0 Å². The van der Waals surface area contributed by atoms with E-state index in [0.29, 0.717) is 0 Å². The highest BCUT2D eigenvalue weighted by Crippen LogP contribution is 2.26. The summed E-state index contributed by atoms with van der Waals surface area (Å²) < 4.78 is 5.50. The zero-order chi connectivity index (χ0) is 10.1. The number of fused-ring (bicyclic) bond motifs is 1. The Bertz CT molecular complexity index is 356. The van der Waals surface area contributed by atoms with Gasteiger partial charge in [0.1, 0.15) is 0 Å². The van der Waals surface area contributed by atoms with E-state index in [4.69, 9.17) is 4.74 Å². The van der Waals surface area contributed by atoms with E-state index in [9.17, 15) is 0 Å². The number of ether oxygens (including phenoxy) is 1. The molecule has 1 aromatic rings. The van der Waals surface area contributed by atoms with Crippen LogP contribution in [-0.2, 0) is 24.4 Å². The molecule has 0 aliphatic carbocycles. The Morgan fingerprint density at radius 3 is 3.20 bits per heavy atom. The van der Waals surface area contributed by atoms with Gasteiger partial charge < -0.3 is 10.1 Å². The van der Waals surface area contributed by atoms with Crippen LogP contribution in [0.4, 0.5) is 0 Å². The molecule has 2 heterocycles. The van der Waals surface area contributed by atoms with Crippen molar-refractivity contribution in [1.29, 1.82) is 0 Å². The Hall–Kier alpha value is -0.860. The minimum Gasteiger partial charge on any atom is -0.372 e. The third kappa shape index (κ3) is 1.80. The van der Waals surface area contributed by atoms with E-state index < -0.39 is 0 Å².